The van der Waals surface area contributed by atoms with Gasteiger partial charge in [0.25, 0.3) is 5.91 Å². The van der Waals surface area contributed by atoms with Crippen molar-refractivity contribution in [1.29, 1.82) is 5.26 Å². The van der Waals surface area contributed by atoms with E-state index in [1.165, 1.54) is 13.2 Å². The molecule has 4 aromatic rings. The Kier molecular flexibility index (Phi) is 9.76. The summed E-state index contributed by atoms with van der Waals surface area (Å²) < 4.78 is 35.8. The molecule has 0 spiro atoms. The number of hydrazine groups is 2. The molecule has 0 aliphatic carbocycles. The van der Waals surface area contributed by atoms with Crippen LogP contribution in [0.1, 0.15) is 49.7 Å². The minimum absolute atomic E-state index is 0. The summed E-state index contributed by atoms with van der Waals surface area (Å²) in [6.07, 6.45) is 7.53. The quantitative estimate of drug-likeness (QED) is 0.210. The number of fused-ring (bicyclic) bond motifs is 1. The fraction of sp³-hybridized carbons (Fsp3) is 0.333. The van der Waals surface area contributed by atoms with Crippen LogP contribution in [0.3, 0.4) is 0 Å². The third-order valence-electron chi connectivity index (χ3n) is 10.1. The van der Waals surface area contributed by atoms with E-state index in [-0.39, 0.29) is 37.4 Å². The highest BCUT2D eigenvalue weighted by molar-refractivity contribution is 6.04. The number of methoxy groups -OCH3 is 1. The lowest BCUT2D eigenvalue weighted by atomic mass is 9.85. The molecule has 0 unspecified atom stereocenters. The van der Waals surface area contributed by atoms with Crippen LogP contribution in [-0.2, 0) is 10.2 Å². The number of amides is 2. The molecule has 2 aromatic heterocycles. The van der Waals surface area contributed by atoms with E-state index >= 15 is 4.39 Å². The lowest BCUT2D eigenvalue weighted by Crippen LogP contribution is -2.49. The fourth-order valence-corrected chi connectivity index (χ4v) is 7.01. The highest BCUT2D eigenvalue weighted by Gasteiger charge is 2.29. The zero-order valence-electron chi connectivity index (χ0n) is 29.9. The van der Waals surface area contributed by atoms with E-state index in [4.69, 9.17) is 4.74 Å². The molecule has 0 radical (unpaired) electrons. The van der Waals surface area contributed by atoms with Gasteiger partial charge in [0.05, 0.1) is 30.3 Å². The molecule has 1 saturated heterocycles. The van der Waals surface area contributed by atoms with Gasteiger partial charge in [-0.2, -0.15) is 5.26 Å². The third-order valence-corrected chi connectivity index (χ3v) is 10.1. The number of nitrogens with one attached hydrogen (secondary N) is 3. The first-order valence-electron chi connectivity index (χ1n) is 17.6. The molecule has 2 amide bonds. The van der Waals surface area contributed by atoms with Crippen LogP contribution < -0.4 is 20.6 Å². The summed E-state index contributed by atoms with van der Waals surface area (Å²) in [7, 11) is 1.46. The number of benzene rings is 2. The van der Waals surface area contributed by atoms with Gasteiger partial charge < -0.3 is 29.8 Å². The maximum Gasteiger partial charge on any atom is 0.270 e. The number of aromatic nitrogens is 2. The molecule has 2 aromatic carbocycles. The smallest absolute Gasteiger partial charge is 0.270 e. The van der Waals surface area contributed by atoms with Crippen molar-refractivity contribution in [3.05, 3.63) is 95.6 Å². The van der Waals surface area contributed by atoms with E-state index in [1.54, 1.807) is 33.1 Å². The predicted octanol–water partition coefficient (Wildman–Crippen LogP) is 5.33. The van der Waals surface area contributed by atoms with Crippen molar-refractivity contribution in [3.8, 4) is 22.9 Å². The van der Waals surface area contributed by atoms with Crippen molar-refractivity contribution in [2.75, 3.05) is 57.8 Å². The highest BCUT2D eigenvalue weighted by atomic mass is 19.1. The van der Waals surface area contributed by atoms with Gasteiger partial charge in [0.2, 0.25) is 5.91 Å². The van der Waals surface area contributed by atoms with Crippen LogP contribution >= 0.6 is 0 Å². The molecule has 3 aliphatic rings. The van der Waals surface area contributed by atoms with Gasteiger partial charge in [-0.15, -0.1) is 5.53 Å². The molecule has 1 fully saturated rings. The Morgan fingerprint density at radius 2 is 1.81 bits per heavy atom. The van der Waals surface area contributed by atoms with Gasteiger partial charge in [0.15, 0.2) is 17.4 Å². The molecule has 5 heterocycles. The lowest BCUT2D eigenvalue weighted by Gasteiger charge is -2.35. The first-order valence-corrected chi connectivity index (χ1v) is 17.6. The summed E-state index contributed by atoms with van der Waals surface area (Å²) in [5.41, 5.74) is 8.95. The first kappa shape index (κ1) is 35.5. The Hall–Kier alpha value is -5.94. The summed E-state index contributed by atoms with van der Waals surface area (Å²) in [6, 6.07) is 14.7. The standard InChI is InChI=1S/C39H41F2N9O3.H2/c1-39(2,24-42)27-8-6-25(7-9-27)29-20-30(26-5-4-12-49(23-26)34(51)10-13-50-14-11-44-46-50)35(41)36-31(29)21-32(45-36)38(52)48-17-15-47(16-18-48)37-33(53-3)19-28(40)22-43-37;/h5-9,11,14,19-22,44-46H,4,10,12-13,15-18,23H2,1-3H3;1H. The molecule has 0 saturated carbocycles. The second-order valence-corrected chi connectivity index (χ2v) is 13.9. The number of H-pyrrole nitrogens is 1. The minimum atomic E-state index is -0.696. The van der Waals surface area contributed by atoms with Crippen molar-refractivity contribution in [2.24, 2.45) is 0 Å². The second kappa shape index (κ2) is 14.6. The van der Waals surface area contributed by atoms with E-state index < -0.39 is 17.0 Å². The number of aromatic amines is 1. The van der Waals surface area contributed by atoms with Crippen LogP contribution in [-0.4, -0.2) is 89.5 Å². The van der Waals surface area contributed by atoms with Crippen molar-refractivity contribution < 1.29 is 24.5 Å². The van der Waals surface area contributed by atoms with E-state index in [1.807, 2.05) is 55.3 Å². The number of halogens is 2. The van der Waals surface area contributed by atoms with Gasteiger partial charge in [-0.05, 0) is 54.7 Å². The minimum Gasteiger partial charge on any atom is -0.493 e. The van der Waals surface area contributed by atoms with Gasteiger partial charge >= 0.3 is 0 Å². The van der Waals surface area contributed by atoms with Crippen LogP contribution in [0.4, 0.5) is 14.6 Å². The number of piperazine rings is 1. The highest BCUT2D eigenvalue weighted by Crippen LogP contribution is 2.38. The van der Waals surface area contributed by atoms with Crippen LogP contribution in [0.5, 0.6) is 5.75 Å². The van der Waals surface area contributed by atoms with Crippen LogP contribution in [0.15, 0.2) is 67.1 Å². The first-order chi connectivity index (χ1) is 25.6. The summed E-state index contributed by atoms with van der Waals surface area (Å²) >= 11 is 0. The van der Waals surface area contributed by atoms with Gasteiger partial charge in [0, 0.05) is 83.1 Å². The van der Waals surface area contributed by atoms with E-state index in [2.05, 4.69) is 27.0 Å². The molecule has 276 valence electrons. The van der Waals surface area contributed by atoms with E-state index in [9.17, 15) is 19.2 Å². The van der Waals surface area contributed by atoms with Crippen molar-refractivity contribution >= 4 is 34.1 Å². The van der Waals surface area contributed by atoms with Gasteiger partial charge in [-0.1, -0.05) is 30.3 Å². The van der Waals surface area contributed by atoms with Crippen LogP contribution in [0.25, 0.3) is 27.6 Å². The number of anilines is 1. The van der Waals surface area contributed by atoms with Crippen molar-refractivity contribution in [2.45, 2.75) is 32.1 Å². The number of nitriles is 1. The van der Waals surface area contributed by atoms with Gasteiger partial charge in [-0.3, -0.25) is 14.6 Å². The molecular formula is C39H43F2N9O3. The van der Waals surface area contributed by atoms with Gasteiger partial charge in [-0.25, -0.2) is 13.8 Å². The van der Waals surface area contributed by atoms with Gasteiger partial charge in [0.1, 0.15) is 11.5 Å². The van der Waals surface area contributed by atoms with Crippen molar-refractivity contribution in [1.82, 2.24) is 35.7 Å². The normalized spacial score (nSPS) is 16.1. The molecule has 7 rings (SSSR count). The lowest BCUT2D eigenvalue weighted by molar-refractivity contribution is -0.131. The Labute approximate surface area is 307 Å². The van der Waals surface area contributed by atoms with Crippen LogP contribution in [0.2, 0.25) is 0 Å². The fourth-order valence-electron chi connectivity index (χ4n) is 7.01. The summed E-state index contributed by atoms with van der Waals surface area (Å²) in [4.78, 5) is 39.9. The number of rotatable bonds is 9. The second-order valence-electron chi connectivity index (χ2n) is 13.9. The largest absolute Gasteiger partial charge is 0.493 e. The maximum atomic E-state index is 16.7. The average molecular weight is 724 g/mol. The average Bonchev–Trinajstić information content (AvgIpc) is 3.88. The Morgan fingerprint density at radius 1 is 1.04 bits per heavy atom. The number of hydrogen-bond donors (Lipinski definition) is 3. The molecular weight excluding hydrogens is 680 g/mol. The van der Waals surface area contributed by atoms with E-state index in [0.29, 0.717) is 73.8 Å². The third kappa shape index (κ3) is 7.12. The molecule has 14 heteroatoms. The Bertz CT molecular complexity index is 2150. The molecule has 3 N–H and O–H groups in total. The zero-order valence-corrected chi connectivity index (χ0v) is 29.9. The van der Waals surface area contributed by atoms with Crippen molar-refractivity contribution in [3.63, 3.8) is 0 Å². The maximum absolute atomic E-state index is 16.7. The van der Waals surface area contributed by atoms with Crippen LogP contribution in [0, 0.1) is 23.0 Å². The molecule has 12 nitrogen and oxygen atoms in total. The zero-order chi connectivity index (χ0) is 37.3. The SMILES string of the molecule is COc1cc(F)cnc1N1CCN(C(=O)c2cc3c(-c4ccc(C(C)(C)C#N)cc4)cc(C4=CCCN(C(=O)CCN5C=CNN5)C4)c(F)c3[nH]2)CC1.[HH]. The topological polar surface area (TPSA) is 133 Å². The number of nitrogens with zero attached hydrogens (tertiary/aromatic N) is 6. The monoisotopic (exact) mass is 723 g/mol. The molecule has 0 bridgehead atoms. The molecule has 53 heavy (non-hydrogen) atoms. The van der Waals surface area contributed by atoms with E-state index in [0.717, 1.165) is 22.9 Å². The molecule has 0 atom stereocenters. The number of hydrogen-bond acceptors (Lipinski definition) is 9. The predicted molar refractivity (Wildman–Crippen MR) is 199 cm³/mol. The Balaban J connectivity index is 0.00000497. The number of carbonyl (C=O) groups excluding carboxylic acids is 2. The number of carbonyl (C=O) groups is 2. The summed E-state index contributed by atoms with van der Waals surface area (Å²) in [5.74, 6) is -0.478. The summed E-state index contributed by atoms with van der Waals surface area (Å²) in [6.45, 7) is 6.59. The molecule has 3 aliphatic heterocycles. The number of pyridine rings is 1. The summed E-state index contributed by atoms with van der Waals surface area (Å²) in [5, 5.41) is 12.0. The number of ether oxygens (including phenoxy) is 1. The Morgan fingerprint density at radius 3 is 2.51 bits per heavy atom.